The van der Waals surface area contributed by atoms with Crippen molar-refractivity contribution in [3.05, 3.63) is 89.7 Å². The van der Waals surface area contributed by atoms with E-state index in [1.807, 2.05) is 42.6 Å². The zero-order valence-electron chi connectivity index (χ0n) is 18.3. The molecule has 6 nitrogen and oxygen atoms in total. The molecule has 0 amide bonds. The molecule has 0 unspecified atom stereocenters. The molecule has 0 aliphatic carbocycles. The summed E-state index contributed by atoms with van der Waals surface area (Å²) < 4.78 is 0. The van der Waals surface area contributed by atoms with E-state index in [0.29, 0.717) is 12.4 Å². The lowest BCUT2D eigenvalue weighted by atomic mass is 10.1. The van der Waals surface area contributed by atoms with Gasteiger partial charge in [-0.2, -0.15) is 0 Å². The van der Waals surface area contributed by atoms with E-state index >= 15 is 0 Å². The van der Waals surface area contributed by atoms with E-state index in [-0.39, 0.29) is 6.04 Å². The maximum Gasteiger partial charge on any atom is 0.162 e. The zero-order chi connectivity index (χ0) is 22.6. The van der Waals surface area contributed by atoms with Gasteiger partial charge in [0.1, 0.15) is 17.0 Å². The first-order valence-corrected chi connectivity index (χ1v) is 11.7. The monoisotopic (exact) mass is 452 g/mol. The largest absolute Gasteiger partial charge is 0.368 e. The Morgan fingerprint density at radius 2 is 1.76 bits per heavy atom. The highest BCUT2D eigenvalue weighted by Crippen LogP contribution is 2.34. The summed E-state index contributed by atoms with van der Waals surface area (Å²) in [5.74, 6) is 1.39. The van der Waals surface area contributed by atoms with Crippen LogP contribution >= 0.6 is 11.3 Å². The summed E-state index contributed by atoms with van der Waals surface area (Å²) in [5.41, 5.74) is 10.2. The van der Waals surface area contributed by atoms with E-state index in [4.69, 9.17) is 15.7 Å². The van der Waals surface area contributed by atoms with Crippen molar-refractivity contribution in [1.29, 1.82) is 0 Å². The third-order valence-electron chi connectivity index (χ3n) is 5.40. The van der Waals surface area contributed by atoms with E-state index in [2.05, 4.69) is 46.5 Å². The van der Waals surface area contributed by atoms with Gasteiger partial charge in [-0.1, -0.05) is 30.3 Å². The predicted molar refractivity (Wildman–Crippen MR) is 135 cm³/mol. The van der Waals surface area contributed by atoms with Gasteiger partial charge in [-0.3, -0.25) is 9.97 Å². The van der Waals surface area contributed by atoms with Gasteiger partial charge in [-0.25, -0.2) is 9.97 Å². The number of hydrogen-bond donors (Lipinski definition) is 2. The Bertz CT molecular complexity index is 1370. The smallest absolute Gasteiger partial charge is 0.162 e. The van der Waals surface area contributed by atoms with Crippen molar-refractivity contribution in [1.82, 2.24) is 19.9 Å². The van der Waals surface area contributed by atoms with Crippen LogP contribution in [0.25, 0.3) is 32.9 Å². The van der Waals surface area contributed by atoms with Gasteiger partial charge in [-0.15, -0.1) is 11.3 Å². The molecule has 5 aromatic rings. The zero-order valence-corrected chi connectivity index (χ0v) is 19.1. The summed E-state index contributed by atoms with van der Waals surface area (Å²) in [6.07, 6.45) is 6.10. The highest BCUT2D eigenvalue weighted by Gasteiger charge is 2.16. The fourth-order valence-electron chi connectivity index (χ4n) is 3.78. The van der Waals surface area contributed by atoms with Crippen LogP contribution in [0.5, 0.6) is 0 Å². The Morgan fingerprint density at radius 3 is 2.52 bits per heavy atom. The number of nitrogens with two attached hydrogens (primary N) is 1. The molecule has 0 fully saturated rings. The van der Waals surface area contributed by atoms with E-state index in [1.54, 1.807) is 23.7 Å². The number of nitrogens with zero attached hydrogens (tertiary/aromatic N) is 4. The second-order valence-electron chi connectivity index (χ2n) is 7.93. The van der Waals surface area contributed by atoms with Crippen LogP contribution < -0.4 is 11.1 Å². The molecule has 1 atom stereocenters. The molecule has 0 saturated carbocycles. The number of benzene rings is 1. The van der Waals surface area contributed by atoms with Crippen LogP contribution in [0, 0.1) is 6.92 Å². The maximum atomic E-state index is 6.45. The summed E-state index contributed by atoms with van der Waals surface area (Å²) in [6, 6.07) is 20.2. The third kappa shape index (κ3) is 4.74. The van der Waals surface area contributed by atoms with Gasteiger partial charge < -0.3 is 11.1 Å². The van der Waals surface area contributed by atoms with Gasteiger partial charge in [0.25, 0.3) is 0 Å². The molecule has 5 rings (SSSR count). The van der Waals surface area contributed by atoms with Crippen LogP contribution in [0.2, 0.25) is 0 Å². The molecule has 33 heavy (non-hydrogen) atoms. The second kappa shape index (κ2) is 9.44. The number of anilines is 1. The fourth-order valence-corrected chi connectivity index (χ4v) is 4.64. The number of fused-ring (bicyclic) bond motifs is 1. The average molecular weight is 453 g/mol. The quantitative estimate of drug-likeness (QED) is 0.357. The number of aryl methyl sites for hydroxylation is 1. The minimum absolute atomic E-state index is 0.0527. The van der Waals surface area contributed by atoms with Gasteiger partial charge in [0.2, 0.25) is 0 Å². The van der Waals surface area contributed by atoms with Crippen molar-refractivity contribution >= 4 is 28.1 Å². The molecule has 0 bridgehead atoms. The molecule has 0 saturated heterocycles. The Balaban J connectivity index is 1.54. The van der Waals surface area contributed by atoms with E-state index < -0.39 is 0 Å². The topological polar surface area (TPSA) is 89.6 Å². The minimum atomic E-state index is -0.0527. The van der Waals surface area contributed by atoms with Crippen molar-refractivity contribution < 1.29 is 0 Å². The van der Waals surface area contributed by atoms with Crippen LogP contribution in [0.3, 0.4) is 0 Å². The summed E-state index contributed by atoms with van der Waals surface area (Å²) in [7, 11) is 0. The van der Waals surface area contributed by atoms with Crippen molar-refractivity contribution in [2.75, 3.05) is 11.9 Å². The lowest BCUT2D eigenvalue weighted by Gasteiger charge is -2.16. The lowest BCUT2D eigenvalue weighted by Crippen LogP contribution is -2.31. The molecule has 4 aromatic heterocycles. The number of thiophene rings is 1. The van der Waals surface area contributed by atoms with Crippen molar-refractivity contribution in [2.45, 2.75) is 19.4 Å². The molecule has 0 aliphatic rings. The molecule has 164 valence electrons. The molecule has 3 N–H and O–H groups in total. The molecule has 0 spiro atoms. The molecular weight excluding hydrogens is 428 g/mol. The Labute approximate surface area is 196 Å². The van der Waals surface area contributed by atoms with Crippen LogP contribution in [0.15, 0.2) is 79.3 Å². The standard InChI is InChI=1S/C26H24N6S/c1-17-7-8-22(33-17)24-23-21(11-14-29-24)26(32-25(31-23)19-9-12-28-13-10-19)30-16-20(27)15-18-5-3-2-4-6-18/h2-14,20H,15-16,27H2,1H3,(H,30,31,32)/t20-/m0/s1. The highest BCUT2D eigenvalue weighted by molar-refractivity contribution is 7.15. The number of pyridine rings is 2. The van der Waals surface area contributed by atoms with Crippen molar-refractivity contribution in [3.8, 4) is 22.0 Å². The molecule has 0 radical (unpaired) electrons. The molecule has 1 aromatic carbocycles. The number of hydrogen-bond acceptors (Lipinski definition) is 7. The molecular formula is C26H24N6S. The predicted octanol–water partition coefficient (Wildman–Crippen LogP) is 5.11. The van der Waals surface area contributed by atoms with Crippen molar-refractivity contribution in [3.63, 3.8) is 0 Å². The van der Waals surface area contributed by atoms with E-state index in [9.17, 15) is 0 Å². The summed E-state index contributed by atoms with van der Waals surface area (Å²) in [6.45, 7) is 2.68. The molecule has 4 heterocycles. The van der Waals surface area contributed by atoms with Gasteiger partial charge in [0.05, 0.1) is 4.88 Å². The highest BCUT2D eigenvalue weighted by atomic mass is 32.1. The van der Waals surface area contributed by atoms with Crippen LogP contribution in [0.1, 0.15) is 10.4 Å². The van der Waals surface area contributed by atoms with Crippen LogP contribution in [0.4, 0.5) is 5.82 Å². The first-order chi connectivity index (χ1) is 16.2. The average Bonchev–Trinajstić information content (AvgIpc) is 3.29. The van der Waals surface area contributed by atoms with E-state index in [1.165, 1.54) is 10.4 Å². The Hall–Kier alpha value is -3.68. The SMILES string of the molecule is Cc1ccc(-c2nccc3c(NC[C@@H](N)Cc4ccccc4)nc(-c4ccncc4)nc23)s1. The first kappa shape index (κ1) is 21.2. The van der Waals surface area contributed by atoms with Gasteiger partial charge in [0, 0.05) is 47.0 Å². The maximum absolute atomic E-state index is 6.45. The van der Waals surface area contributed by atoms with Gasteiger partial charge >= 0.3 is 0 Å². The normalized spacial score (nSPS) is 12.1. The summed E-state index contributed by atoms with van der Waals surface area (Å²) in [5, 5.41) is 4.41. The Kier molecular flexibility index (Phi) is 6.06. The van der Waals surface area contributed by atoms with E-state index in [0.717, 1.165) is 39.3 Å². The Morgan fingerprint density at radius 1 is 0.939 bits per heavy atom. The number of aromatic nitrogens is 4. The third-order valence-corrected chi connectivity index (χ3v) is 6.41. The fraction of sp³-hybridized carbons (Fsp3) is 0.154. The first-order valence-electron chi connectivity index (χ1n) is 10.8. The van der Waals surface area contributed by atoms with Crippen LogP contribution in [-0.2, 0) is 6.42 Å². The van der Waals surface area contributed by atoms with Gasteiger partial charge in [-0.05, 0) is 49.2 Å². The van der Waals surface area contributed by atoms with Gasteiger partial charge in [0.15, 0.2) is 5.82 Å². The molecule has 0 aliphatic heterocycles. The number of nitrogens with one attached hydrogen (secondary N) is 1. The number of rotatable bonds is 7. The van der Waals surface area contributed by atoms with Crippen LogP contribution in [-0.4, -0.2) is 32.5 Å². The summed E-state index contributed by atoms with van der Waals surface area (Å²) in [4.78, 5) is 20.9. The minimum Gasteiger partial charge on any atom is -0.368 e. The lowest BCUT2D eigenvalue weighted by molar-refractivity contribution is 0.698. The molecule has 7 heteroatoms. The summed E-state index contributed by atoms with van der Waals surface area (Å²) >= 11 is 1.71. The second-order valence-corrected chi connectivity index (χ2v) is 9.22. The van der Waals surface area contributed by atoms with Crippen molar-refractivity contribution in [2.24, 2.45) is 5.73 Å².